The zero-order chi connectivity index (χ0) is 14.6. The van der Waals surface area contributed by atoms with Crippen LogP contribution in [-0.4, -0.2) is 13.0 Å². The molecule has 0 fully saturated rings. The molecule has 0 aliphatic heterocycles. The molecule has 106 valence electrons. The molecule has 0 heterocycles. The van der Waals surface area contributed by atoms with E-state index in [-0.39, 0.29) is 5.75 Å². The maximum atomic E-state index is 11.1. The van der Waals surface area contributed by atoms with Gasteiger partial charge in [0.05, 0.1) is 0 Å². The van der Waals surface area contributed by atoms with Crippen LogP contribution in [0.1, 0.15) is 29.5 Å². The summed E-state index contributed by atoms with van der Waals surface area (Å²) in [5.41, 5.74) is 2.84. The summed E-state index contributed by atoms with van der Waals surface area (Å²) in [5, 5.41) is 0. The van der Waals surface area contributed by atoms with Crippen LogP contribution in [0.5, 0.6) is 0 Å². The lowest BCUT2D eigenvalue weighted by Gasteiger charge is -2.14. The van der Waals surface area contributed by atoms with Crippen molar-refractivity contribution in [3.8, 4) is 0 Å². The van der Waals surface area contributed by atoms with Crippen LogP contribution in [0.15, 0.2) is 54.6 Å². The van der Waals surface area contributed by atoms with Gasteiger partial charge in [0.1, 0.15) is 5.75 Å². The highest BCUT2D eigenvalue weighted by molar-refractivity contribution is 7.85. The highest BCUT2D eigenvalue weighted by Crippen LogP contribution is 2.23. The molecule has 0 amide bonds. The molecular weight excluding hydrogens is 272 g/mol. The summed E-state index contributed by atoms with van der Waals surface area (Å²) in [6.07, 6.45) is 0.746. The van der Waals surface area contributed by atoms with Gasteiger partial charge < -0.3 is 0 Å². The lowest BCUT2D eigenvalue weighted by molar-refractivity contribution is 0.482. The van der Waals surface area contributed by atoms with Gasteiger partial charge in [-0.25, -0.2) is 0 Å². The summed E-state index contributed by atoms with van der Waals surface area (Å²) < 4.78 is 31.1. The van der Waals surface area contributed by atoms with Gasteiger partial charge in [0, 0.05) is 0 Å². The Bertz CT molecular complexity index is 663. The van der Waals surface area contributed by atoms with Gasteiger partial charge in [-0.3, -0.25) is 4.55 Å². The first-order chi connectivity index (χ1) is 9.46. The monoisotopic (exact) mass is 290 g/mol. The van der Waals surface area contributed by atoms with Crippen molar-refractivity contribution in [2.24, 2.45) is 0 Å². The van der Waals surface area contributed by atoms with Crippen molar-refractivity contribution < 1.29 is 13.0 Å². The summed E-state index contributed by atoms with van der Waals surface area (Å²) in [6, 6.07) is 17.4. The molecule has 0 aliphatic carbocycles. The van der Waals surface area contributed by atoms with Crippen LogP contribution in [0.4, 0.5) is 0 Å². The van der Waals surface area contributed by atoms with E-state index < -0.39 is 10.1 Å². The fourth-order valence-electron chi connectivity index (χ4n) is 2.32. The minimum atomic E-state index is -4.00. The molecule has 0 saturated carbocycles. The van der Waals surface area contributed by atoms with Crippen LogP contribution in [0.2, 0.25) is 0 Å². The molecule has 20 heavy (non-hydrogen) atoms. The highest BCUT2D eigenvalue weighted by Gasteiger charge is 2.13. The zero-order valence-electron chi connectivity index (χ0n) is 11.4. The molecule has 0 aliphatic rings. The summed E-state index contributed by atoms with van der Waals surface area (Å²) in [4.78, 5) is 0. The first kappa shape index (κ1) is 14.8. The summed E-state index contributed by atoms with van der Waals surface area (Å²) >= 11 is 0. The summed E-state index contributed by atoms with van der Waals surface area (Å²) in [5.74, 6) is -0.0382. The Hall–Kier alpha value is -1.65. The zero-order valence-corrected chi connectivity index (χ0v) is 12.2. The number of hydrogen-bond acceptors (Lipinski definition) is 2. The van der Waals surface area contributed by atoms with E-state index in [9.17, 15) is 8.42 Å². The molecule has 4 heteroatoms. The van der Waals surface area contributed by atoms with Gasteiger partial charge in [0.15, 0.2) is 0 Å². The largest absolute Gasteiger partial charge is 0.285 e. The second kappa shape index (κ2) is 6.20. The average molecular weight is 290 g/mol. The van der Waals surface area contributed by atoms with E-state index in [1.807, 2.05) is 30.3 Å². The lowest BCUT2D eigenvalue weighted by atomic mass is 9.92. The number of hydrogen-bond donors (Lipinski definition) is 1. The topological polar surface area (TPSA) is 54.4 Å². The molecule has 3 nitrogen and oxygen atoms in total. The molecule has 0 bridgehead atoms. The van der Waals surface area contributed by atoms with Gasteiger partial charge in [-0.15, -0.1) is 0 Å². The first-order valence-electron chi connectivity index (χ1n) is 6.52. The molecule has 0 radical (unpaired) electrons. The molecule has 0 saturated heterocycles. The predicted octanol–water partition coefficient (Wildman–Crippen LogP) is 3.42. The standard InChI is InChI=1S/C16H18O3S/c1-13(14-7-3-2-4-8-14)11-15-9-5-6-10-16(15)12-20(17,18)19/h2-10,13H,11-12H2,1H3,(H,17,18,19). The van der Waals surface area contributed by atoms with Crippen LogP contribution in [-0.2, 0) is 22.3 Å². The normalized spacial score (nSPS) is 13.1. The van der Waals surface area contributed by atoms with Crippen molar-refractivity contribution >= 4 is 10.1 Å². The van der Waals surface area contributed by atoms with E-state index in [0.29, 0.717) is 11.5 Å². The van der Waals surface area contributed by atoms with E-state index in [0.717, 1.165) is 12.0 Å². The van der Waals surface area contributed by atoms with Gasteiger partial charge >= 0.3 is 0 Å². The Morgan fingerprint density at radius 2 is 1.50 bits per heavy atom. The maximum absolute atomic E-state index is 11.1. The lowest BCUT2D eigenvalue weighted by Crippen LogP contribution is -2.07. The van der Waals surface area contributed by atoms with E-state index in [2.05, 4.69) is 19.1 Å². The molecule has 2 aromatic rings. The fourth-order valence-corrected chi connectivity index (χ4v) is 3.00. The van der Waals surface area contributed by atoms with Crippen LogP contribution >= 0.6 is 0 Å². The molecular formula is C16H18O3S. The molecule has 1 N–H and O–H groups in total. The minimum Gasteiger partial charge on any atom is -0.285 e. The summed E-state index contributed by atoms with van der Waals surface area (Å²) in [6.45, 7) is 2.11. The third-order valence-electron chi connectivity index (χ3n) is 3.35. The van der Waals surface area contributed by atoms with Crippen molar-refractivity contribution in [1.29, 1.82) is 0 Å². The quantitative estimate of drug-likeness (QED) is 0.858. The third kappa shape index (κ3) is 4.18. The second-order valence-electron chi connectivity index (χ2n) is 5.01. The van der Waals surface area contributed by atoms with E-state index in [1.165, 1.54) is 5.56 Å². The Morgan fingerprint density at radius 3 is 2.10 bits per heavy atom. The molecule has 1 unspecified atom stereocenters. The fraction of sp³-hybridized carbons (Fsp3) is 0.250. The van der Waals surface area contributed by atoms with Crippen molar-refractivity contribution in [3.63, 3.8) is 0 Å². The van der Waals surface area contributed by atoms with Crippen LogP contribution < -0.4 is 0 Å². The average Bonchev–Trinajstić information content (AvgIpc) is 2.40. The summed E-state index contributed by atoms with van der Waals surface area (Å²) in [7, 11) is -4.00. The Balaban J connectivity index is 2.21. The van der Waals surface area contributed by atoms with Crippen molar-refractivity contribution in [2.45, 2.75) is 25.0 Å². The van der Waals surface area contributed by atoms with E-state index >= 15 is 0 Å². The van der Waals surface area contributed by atoms with Crippen LogP contribution in [0.3, 0.4) is 0 Å². The number of rotatable bonds is 5. The maximum Gasteiger partial charge on any atom is 0.269 e. The smallest absolute Gasteiger partial charge is 0.269 e. The molecule has 1 atom stereocenters. The van der Waals surface area contributed by atoms with Gasteiger partial charge in [-0.05, 0) is 29.0 Å². The molecule has 2 rings (SSSR count). The second-order valence-corrected chi connectivity index (χ2v) is 6.46. The van der Waals surface area contributed by atoms with Gasteiger partial charge in [-0.2, -0.15) is 8.42 Å². The third-order valence-corrected chi connectivity index (χ3v) is 4.03. The van der Waals surface area contributed by atoms with Crippen LogP contribution in [0.25, 0.3) is 0 Å². The Morgan fingerprint density at radius 1 is 0.950 bits per heavy atom. The molecule has 0 aromatic heterocycles. The molecule has 2 aromatic carbocycles. The van der Waals surface area contributed by atoms with E-state index in [1.54, 1.807) is 12.1 Å². The van der Waals surface area contributed by atoms with Crippen molar-refractivity contribution in [3.05, 3.63) is 71.3 Å². The highest BCUT2D eigenvalue weighted by atomic mass is 32.2. The van der Waals surface area contributed by atoms with Gasteiger partial charge in [0.25, 0.3) is 10.1 Å². The van der Waals surface area contributed by atoms with Crippen LogP contribution in [0, 0.1) is 0 Å². The van der Waals surface area contributed by atoms with Gasteiger partial charge in [0.2, 0.25) is 0 Å². The Labute approximate surface area is 120 Å². The number of benzene rings is 2. The first-order valence-corrected chi connectivity index (χ1v) is 8.13. The van der Waals surface area contributed by atoms with Crippen molar-refractivity contribution in [1.82, 2.24) is 0 Å². The predicted molar refractivity (Wildman–Crippen MR) is 80.3 cm³/mol. The van der Waals surface area contributed by atoms with E-state index in [4.69, 9.17) is 4.55 Å². The molecule has 0 spiro atoms. The Kier molecular flexibility index (Phi) is 4.57. The minimum absolute atomic E-state index is 0.291. The van der Waals surface area contributed by atoms with Crippen molar-refractivity contribution in [2.75, 3.05) is 0 Å². The van der Waals surface area contributed by atoms with Gasteiger partial charge in [-0.1, -0.05) is 61.5 Å². The SMILES string of the molecule is CC(Cc1ccccc1CS(=O)(=O)O)c1ccccc1.